The minimum absolute atomic E-state index is 0.0101. The van der Waals surface area contributed by atoms with Crippen LogP contribution in [0.2, 0.25) is 0 Å². The first-order valence-corrected chi connectivity index (χ1v) is 8.61. The Labute approximate surface area is 147 Å². The fourth-order valence-electron chi connectivity index (χ4n) is 4.50. The molecular weight excluding hydrogens is 324 g/mol. The van der Waals surface area contributed by atoms with E-state index in [2.05, 4.69) is 0 Å². The van der Waals surface area contributed by atoms with Crippen molar-refractivity contribution in [2.24, 2.45) is 17.8 Å². The molecule has 2 fully saturated rings. The highest BCUT2D eigenvalue weighted by Crippen LogP contribution is 2.53. The molecule has 0 radical (unpaired) electrons. The number of hydrogen-bond acceptors (Lipinski definition) is 6. The maximum absolute atomic E-state index is 12.6. The van der Waals surface area contributed by atoms with Crippen molar-refractivity contribution in [2.75, 3.05) is 14.2 Å². The summed E-state index contributed by atoms with van der Waals surface area (Å²) in [6.07, 6.45) is 0.546. The third kappa shape index (κ3) is 3.58. The quantitative estimate of drug-likeness (QED) is 0.793. The van der Waals surface area contributed by atoms with Gasteiger partial charge < -0.3 is 24.4 Å². The van der Waals surface area contributed by atoms with Crippen molar-refractivity contribution in [3.8, 4) is 5.75 Å². The first-order chi connectivity index (χ1) is 11.9. The molecule has 2 N–H and O–H groups in total. The molecule has 1 aliphatic heterocycles. The summed E-state index contributed by atoms with van der Waals surface area (Å²) in [6.45, 7) is 1.79. The smallest absolute Gasteiger partial charge is 0.166 e. The lowest BCUT2D eigenvalue weighted by molar-refractivity contribution is -0.300. The highest BCUT2D eigenvalue weighted by molar-refractivity contribution is 5.96. The summed E-state index contributed by atoms with van der Waals surface area (Å²) in [5, 5.41) is 20.3. The summed E-state index contributed by atoms with van der Waals surface area (Å²) in [7, 11) is 3.15. The third-order valence-electron chi connectivity index (χ3n) is 5.64. The lowest BCUT2D eigenvalue weighted by Crippen LogP contribution is -2.49. The van der Waals surface area contributed by atoms with Gasteiger partial charge in [-0.3, -0.25) is 4.79 Å². The van der Waals surface area contributed by atoms with Crippen LogP contribution in [0.4, 0.5) is 0 Å². The number of aromatic hydroxyl groups is 1. The van der Waals surface area contributed by atoms with Crippen LogP contribution in [0.25, 0.3) is 0 Å². The van der Waals surface area contributed by atoms with E-state index in [-0.39, 0.29) is 29.3 Å². The van der Waals surface area contributed by atoms with Crippen molar-refractivity contribution in [2.45, 2.75) is 44.4 Å². The monoisotopic (exact) mass is 350 g/mol. The summed E-state index contributed by atoms with van der Waals surface area (Å²) >= 11 is 0. The van der Waals surface area contributed by atoms with E-state index in [1.807, 2.05) is 0 Å². The van der Waals surface area contributed by atoms with Gasteiger partial charge in [0.2, 0.25) is 0 Å². The Kier molecular flexibility index (Phi) is 5.16. The zero-order chi connectivity index (χ0) is 18.2. The van der Waals surface area contributed by atoms with Gasteiger partial charge in [-0.25, -0.2) is 0 Å². The van der Waals surface area contributed by atoms with Crippen LogP contribution in [0.15, 0.2) is 24.3 Å². The van der Waals surface area contributed by atoms with Gasteiger partial charge in [0.05, 0.1) is 5.60 Å². The highest BCUT2D eigenvalue weighted by Gasteiger charge is 2.57. The molecule has 0 amide bonds. The van der Waals surface area contributed by atoms with Gasteiger partial charge in [0.25, 0.3) is 0 Å². The fourth-order valence-corrected chi connectivity index (χ4v) is 4.50. The van der Waals surface area contributed by atoms with E-state index in [0.29, 0.717) is 24.8 Å². The number of methoxy groups -OCH3 is 2. The zero-order valence-electron chi connectivity index (χ0n) is 14.8. The van der Waals surface area contributed by atoms with Gasteiger partial charge in [0.1, 0.15) is 5.75 Å². The molecular formula is C19H26O6. The van der Waals surface area contributed by atoms with Crippen molar-refractivity contribution in [1.29, 1.82) is 0 Å². The number of phenols is 1. The second-order valence-corrected chi connectivity index (χ2v) is 7.33. The molecule has 25 heavy (non-hydrogen) atoms. The van der Waals surface area contributed by atoms with Gasteiger partial charge >= 0.3 is 0 Å². The van der Waals surface area contributed by atoms with E-state index in [1.165, 1.54) is 12.1 Å². The van der Waals surface area contributed by atoms with Gasteiger partial charge in [0, 0.05) is 38.5 Å². The summed E-state index contributed by atoms with van der Waals surface area (Å²) in [5.41, 5.74) is -0.385. The predicted octanol–water partition coefficient (Wildman–Crippen LogP) is 2.33. The number of ether oxygens (including phenoxy) is 3. The normalized spacial score (nSPS) is 37.7. The number of benzene rings is 1. The maximum atomic E-state index is 12.6. The molecule has 3 rings (SSSR count). The number of phenolic OH excluding ortho intramolecular Hbond substituents is 1. The van der Waals surface area contributed by atoms with Crippen LogP contribution in [0.5, 0.6) is 5.75 Å². The van der Waals surface area contributed by atoms with E-state index < -0.39 is 18.2 Å². The van der Waals surface area contributed by atoms with E-state index in [4.69, 9.17) is 14.2 Å². The Bertz CT molecular complexity index is 611. The number of rotatable bonds is 5. The molecule has 0 spiro atoms. The fraction of sp³-hybridized carbons (Fsp3) is 0.632. The molecule has 0 bridgehead atoms. The van der Waals surface area contributed by atoms with E-state index in [0.717, 1.165) is 0 Å². The van der Waals surface area contributed by atoms with Crippen molar-refractivity contribution >= 4 is 5.78 Å². The highest BCUT2D eigenvalue weighted by atomic mass is 16.8. The second kappa shape index (κ2) is 7.03. The molecule has 138 valence electrons. The average Bonchev–Trinajstić information content (AvgIpc) is 2.85. The second-order valence-electron chi connectivity index (χ2n) is 7.33. The Morgan fingerprint density at radius 3 is 2.56 bits per heavy atom. The van der Waals surface area contributed by atoms with Crippen molar-refractivity contribution in [3.05, 3.63) is 29.8 Å². The minimum Gasteiger partial charge on any atom is -0.508 e. The number of carbonyl (C=O) groups is 1. The molecule has 1 aliphatic carbocycles. The largest absolute Gasteiger partial charge is 0.508 e. The molecule has 6 heteroatoms. The lowest BCUT2D eigenvalue weighted by Gasteiger charge is -2.42. The Balaban J connectivity index is 1.79. The van der Waals surface area contributed by atoms with Crippen molar-refractivity contribution < 1.29 is 29.2 Å². The van der Waals surface area contributed by atoms with Crippen LogP contribution in [-0.4, -0.2) is 48.4 Å². The first kappa shape index (κ1) is 18.3. The van der Waals surface area contributed by atoms with Gasteiger partial charge in [0.15, 0.2) is 18.4 Å². The topological polar surface area (TPSA) is 85.2 Å². The van der Waals surface area contributed by atoms with E-state index in [9.17, 15) is 15.0 Å². The molecule has 6 nitrogen and oxygen atoms in total. The summed E-state index contributed by atoms with van der Waals surface area (Å²) < 4.78 is 16.6. The van der Waals surface area contributed by atoms with E-state index >= 15 is 0 Å². The zero-order valence-corrected chi connectivity index (χ0v) is 14.8. The van der Waals surface area contributed by atoms with Crippen molar-refractivity contribution in [1.82, 2.24) is 0 Å². The average molecular weight is 350 g/mol. The van der Waals surface area contributed by atoms with Crippen LogP contribution in [0.3, 0.4) is 0 Å². The molecule has 1 aromatic carbocycles. The summed E-state index contributed by atoms with van der Waals surface area (Å²) in [6, 6.07) is 6.28. The molecule has 1 heterocycles. The van der Waals surface area contributed by atoms with Crippen LogP contribution in [0.1, 0.15) is 36.5 Å². The lowest BCUT2D eigenvalue weighted by atomic mass is 9.79. The van der Waals surface area contributed by atoms with Crippen LogP contribution in [0, 0.1) is 17.8 Å². The van der Waals surface area contributed by atoms with Gasteiger partial charge in [-0.2, -0.15) is 0 Å². The number of hydrogen-bond donors (Lipinski definition) is 2. The van der Waals surface area contributed by atoms with Crippen LogP contribution >= 0.6 is 0 Å². The number of Topliss-reactive ketones (excluding diaryl/α,β-unsaturated/α-hetero) is 1. The van der Waals surface area contributed by atoms with Gasteiger partial charge in [-0.15, -0.1) is 0 Å². The van der Waals surface area contributed by atoms with E-state index in [1.54, 1.807) is 33.3 Å². The first-order valence-electron chi connectivity index (χ1n) is 8.61. The number of ketones is 1. The number of aliphatic hydroxyl groups is 1. The molecule has 1 saturated carbocycles. The molecule has 6 atom stereocenters. The van der Waals surface area contributed by atoms with Crippen molar-refractivity contribution in [3.63, 3.8) is 0 Å². The Morgan fingerprint density at radius 2 is 1.96 bits per heavy atom. The molecule has 0 unspecified atom stereocenters. The molecule has 1 aromatic rings. The standard InChI is InChI=1S/C19H26O6/c1-19(22)10-12(8-15(21)11-4-6-13(20)7-5-11)14-9-16(23-2)25-18(24-3)17(14)19/h4-7,12,14,16-18,20,22H,8-10H2,1-3H3/t12-,14+,16-,17-,18+,19+/m1/s1. The molecule has 1 saturated heterocycles. The summed E-state index contributed by atoms with van der Waals surface area (Å²) in [5.74, 6) is 0.0633. The SMILES string of the molecule is CO[C@H]1C[C@H]2[C@H](CC(=O)c3ccc(O)cc3)C[C@](C)(O)[C@H]2[C@@H](OC)O1. The van der Waals surface area contributed by atoms with Crippen LogP contribution in [-0.2, 0) is 14.2 Å². The minimum atomic E-state index is -0.954. The number of fused-ring (bicyclic) bond motifs is 1. The van der Waals surface area contributed by atoms with Gasteiger partial charge in [-0.05, 0) is 49.4 Å². The molecule has 0 aromatic heterocycles. The van der Waals surface area contributed by atoms with Crippen LogP contribution < -0.4 is 0 Å². The Morgan fingerprint density at radius 1 is 1.28 bits per heavy atom. The third-order valence-corrected chi connectivity index (χ3v) is 5.64. The maximum Gasteiger partial charge on any atom is 0.166 e. The van der Waals surface area contributed by atoms with Gasteiger partial charge in [-0.1, -0.05) is 0 Å². The predicted molar refractivity (Wildman–Crippen MR) is 90.1 cm³/mol. The Hall–Kier alpha value is -1.47. The summed E-state index contributed by atoms with van der Waals surface area (Å²) in [4.78, 5) is 12.6. The molecule has 2 aliphatic rings. The number of carbonyl (C=O) groups excluding carboxylic acids is 1.